The summed E-state index contributed by atoms with van der Waals surface area (Å²) in [5.41, 5.74) is 1.79. The van der Waals surface area contributed by atoms with Gasteiger partial charge in [0.2, 0.25) is 5.91 Å². The molecule has 0 spiro atoms. The number of nitrogens with one attached hydrogen (secondary N) is 1. The van der Waals surface area contributed by atoms with Gasteiger partial charge in [0, 0.05) is 31.9 Å². The first kappa shape index (κ1) is 16.4. The molecule has 1 aromatic carbocycles. The van der Waals surface area contributed by atoms with Crippen LogP contribution in [-0.2, 0) is 4.79 Å². The molecule has 0 aromatic heterocycles. The minimum Gasteiger partial charge on any atom is -0.389 e. The van der Waals surface area contributed by atoms with Gasteiger partial charge in [0.1, 0.15) is 5.82 Å². The number of amides is 1. The van der Waals surface area contributed by atoms with Gasteiger partial charge in [-0.2, -0.15) is 0 Å². The molecular weight excluding hydrogens is 259 g/mol. The molecule has 0 aliphatic heterocycles. The van der Waals surface area contributed by atoms with Gasteiger partial charge in [-0.15, -0.1) is 0 Å². The van der Waals surface area contributed by atoms with Gasteiger partial charge >= 0.3 is 0 Å². The maximum absolute atomic E-state index is 13.6. The minimum atomic E-state index is -0.766. The molecule has 0 fully saturated rings. The van der Waals surface area contributed by atoms with Crippen molar-refractivity contribution >= 4 is 11.6 Å². The van der Waals surface area contributed by atoms with Gasteiger partial charge in [-0.25, -0.2) is 4.39 Å². The summed E-state index contributed by atoms with van der Waals surface area (Å²) < 4.78 is 13.6. The number of aryl methyl sites for hydroxylation is 1. The third kappa shape index (κ3) is 3.70. The Morgan fingerprint density at radius 2 is 2.05 bits per heavy atom. The molecule has 0 bridgehead atoms. The Balaban J connectivity index is 3.05. The predicted molar refractivity (Wildman–Crippen MR) is 78.3 cm³/mol. The molecule has 0 saturated carbocycles. The van der Waals surface area contributed by atoms with Gasteiger partial charge in [-0.3, -0.25) is 4.79 Å². The van der Waals surface area contributed by atoms with Crippen molar-refractivity contribution < 1.29 is 14.3 Å². The zero-order chi connectivity index (χ0) is 15.4. The van der Waals surface area contributed by atoms with Crippen molar-refractivity contribution in [2.24, 2.45) is 5.92 Å². The van der Waals surface area contributed by atoms with Crippen LogP contribution >= 0.6 is 0 Å². The lowest BCUT2D eigenvalue weighted by Gasteiger charge is -2.26. The van der Waals surface area contributed by atoms with E-state index in [1.165, 1.54) is 6.07 Å². The van der Waals surface area contributed by atoms with E-state index in [0.29, 0.717) is 17.7 Å². The number of aliphatic hydroxyl groups is 1. The fourth-order valence-electron chi connectivity index (χ4n) is 2.19. The molecule has 2 atom stereocenters. The monoisotopic (exact) mass is 282 g/mol. The average molecular weight is 282 g/mol. The van der Waals surface area contributed by atoms with E-state index in [1.54, 1.807) is 27.0 Å². The molecule has 4 nitrogen and oxygen atoms in total. The number of anilines is 1. The molecule has 0 saturated heterocycles. The van der Waals surface area contributed by atoms with Gasteiger partial charge in [0.05, 0.1) is 12.0 Å². The second-order valence-electron chi connectivity index (χ2n) is 5.23. The summed E-state index contributed by atoms with van der Waals surface area (Å²) in [5, 5.41) is 12.4. The first-order valence-corrected chi connectivity index (χ1v) is 6.68. The van der Waals surface area contributed by atoms with E-state index in [0.717, 1.165) is 5.69 Å². The van der Waals surface area contributed by atoms with Gasteiger partial charge in [-0.05, 0) is 31.5 Å². The highest BCUT2D eigenvalue weighted by Crippen LogP contribution is 2.29. The standard InChI is InChI=1S/C15H23FN2O2/c1-9-6-14(12(11(3)19)7-13(9)16)18(5)8-10(2)15(20)17-4/h6-7,10-11,19H,8H2,1-5H3,(H,17,20)/t10?,11-/m0/s1. The molecule has 2 N–H and O–H groups in total. The molecule has 1 unspecified atom stereocenters. The van der Waals surface area contributed by atoms with Crippen molar-refractivity contribution in [3.63, 3.8) is 0 Å². The number of carbonyl (C=O) groups is 1. The molecular formula is C15H23FN2O2. The number of aliphatic hydroxyl groups excluding tert-OH is 1. The molecule has 112 valence electrons. The highest BCUT2D eigenvalue weighted by molar-refractivity contribution is 5.78. The largest absolute Gasteiger partial charge is 0.389 e. The highest BCUT2D eigenvalue weighted by atomic mass is 19.1. The molecule has 1 amide bonds. The van der Waals surface area contributed by atoms with E-state index in [2.05, 4.69) is 5.32 Å². The molecule has 20 heavy (non-hydrogen) atoms. The number of carbonyl (C=O) groups excluding carboxylic acids is 1. The average Bonchev–Trinajstić information content (AvgIpc) is 2.39. The third-order valence-corrected chi connectivity index (χ3v) is 3.41. The summed E-state index contributed by atoms with van der Waals surface area (Å²) in [7, 11) is 3.43. The number of hydrogen-bond donors (Lipinski definition) is 2. The summed E-state index contributed by atoms with van der Waals surface area (Å²) in [5.74, 6) is -0.580. The van der Waals surface area contributed by atoms with Crippen molar-refractivity contribution in [2.45, 2.75) is 26.9 Å². The normalized spacial score (nSPS) is 13.8. The van der Waals surface area contributed by atoms with Gasteiger partial charge in [-0.1, -0.05) is 6.92 Å². The Hall–Kier alpha value is -1.62. The van der Waals surface area contributed by atoms with Crippen LogP contribution in [0.15, 0.2) is 12.1 Å². The molecule has 0 aliphatic rings. The highest BCUT2D eigenvalue weighted by Gasteiger charge is 2.19. The number of benzene rings is 1. The minimum absolute atomic E-state index is 0.0470. The first-order valence-electron chi connectivity index (χ1n) is 6.68. The second-order valence-corrected chi connectivity index (χ2v) is 5.23. The van der Waals surface area contributed by atoms with Crippen molar-refractivity contribution in [1.82, 2.24) is 5.32 Å². The van der Waals surface area contributed by atoms with Gasteiger partial charge < -0.3 is 15.3 Å². The fraction of sp³-hybridized carbons (Fsp3) is 0.533. The number of hydrogen-bond acceptors (Lipinski definition) is 3. The third-order valence-electron chi connectivity index (χ3n) is 3.41. The second kappa shape index (κ2) is 6.70. The van der Waals surface area contributed by atoms with Gasteiger partial charge in [0.15, 0.2) is 0 Å². The van der Waals surface area contributed by atoms with Gasteiger partial charge in [0.25, 0.3) is 0 Å². The van der Waals surface area contributed by atoms with Crippen LogP contribution in [0.5, 0.6) is 0 Å². The van der Waals surface area contributed by atoms with Crippen molar-refractivity contribution in [1.29, 1.82) is 0 Å². The van der Waals surface area contributed by atoms with Crippen LogP contribution in [0.2, 0.25) is 0 Å². The quantitative estimate of drug-likeness (QED) is 0.868. The van der Waals surface area contributed by atoms with Crippen molar-refractivity contribution in [3.05, 3.63) is 29.1 Å². The zero-order valence-corrected chi connectivity index (χ0v) is 12.7. The van der Waals surface area contributed by atoms with E-state index in [-0.39, 0.29) is 17.6 Å². The van der Waals surface area contributed by atoms with Crippen LogP contribution in [0.4, 0.5) is 10.1 Å². The summed E-state index contributed by atoms with van der Waals surface area (Å²) in [6, 6.07) is 3.06. The molecule has 1 aromatic rings. The van der Waals surface area contributed by atoms with E-state index < -0.39 is 6.10 Å². The van der Waals surface area contributed by atoms with Crippen LogP contribution in [0, 0.1) is 18.7 Å². The molecule has 0 aliphatic carbocycles. The zero-order valence-electron chi connectivity index (χ0n) is 12.7. The molecule has 0 heterocycles. The maximum Gasteiger partial charge on any atom is 0.224 e. The van der Waals surface area contributed by atoms with Crippen LogP contribution in [-0.4, -0.2) is 31.7 Å². The van der Waals surface area contributed by atoms with Crippen LogP contribution in [0.1, 0.15) is 31.1 Å². The van der Waals surface area contributed by atoms with E-state index in [4.69, 9.17) is 0 Å². The van der Waals surface area contributed by atoms with Crippen LogP contribution < -0.4 is 10.2 Å². The van der Waals surface area contributed by atoms with Crippen molar-refractivity contribution in [3.8, 4) is 0 Å². The Morgan fingerprint density at radius 1 is 1.45 bits per heavy atom. The lowest BCUT2D eigenvalue weighted by Crippen LogP contribution is -2.34. The fourth-order valence-corrected chi connectivity index (χ4v) is 2.19. The molecule has 1 rings (SSSR count). The smallest absolute Gasteiger partial charge is 0.224 e. The van der Waals surface area contributed by atoms with Crippen molar-refractivity contribution in [2.75, 3.05) is 25.5 Å². The summed E-state index contributed by atoms with van der Waals surface area (Å²) in [6.07, 6.45) is -0.766. The summed E-state index contributed by atoms with van der Waals surface area (Å²) in [4.78, 5) is 13.4. The molecule has 5 heteroatoms. The number of rotatable bonds is 5. The Kier molecular flexibility index (Phi) is 5.51. The maximum atomic E-state index is 13.6. The lowest BCUT2D eigenvalue weighted by atomic mass is 10.0. The topological polar surface area (TPSA) is 52.6 Å². The van der Waals surface area contributed by atoms with E-state index >= 15 is 0 Å². The Labute approximate surface area is 119 Å². The van der Waals surface area contributed by atoms with Crippen LogP contribution in [0.3, 0.4) is 0 Å². The SMILES string of the molecule is CNC(=O)C(C)CN(C)c1cc(C)c(F)cc1[C@H](C)O. The predicted octanol–water partition coefficient (Wildman–Crippen LogP) is 2.01. The molecule has 0 radical (unpaired) electrons. The Morgan fingerprint density at radius 3 is 2.55 bits per heavy atom. The van der Waals surface area contributed by atoms with E-state index in [9.17, 15) is 14.3 Å². The first-order chi connectivity index (χ1) is 9.27. The number of halogens is 1. The van der Waals surface area contributed by atoms with Crippen LogP contribution in [0.25, 0.3) is 0 Å². The Bertz CT molecular complexity index is 489. The lowest BCUT2D eigenvalue weighted by molar-refractivity contribution is -0.123. The summed E-state index contributed by atoms with van der Waals surface area (Å²) in [6.45, 7) is 5.60. The summed E-state index contributed by atoms with van der Waals surface area (Å²) >= 11 is 0. The van der Waals surface area contributed by atoms with E-state index in [1.807, 2.05) is 18.9 Å². The number of nitrogens with zero attached hydrogens (tertiary/aromatic N) is 1.